The fourth-order valence-electron chi connectivity index (χ4n) is 3.50. The Morgan fingerprint density at radius 3 is 2.58 bits per heavy atom. The Labute approximate surface area is 141 Å². The average Bonchev–Trinajstić information content (AvgIpc) is 2.94. The van der Waals surface area contributed by atoms with Gasteiger partial charge in [0.1, 0.15) is 11.8 Å². The van der Waals surface area contributed by atoms with Crippen molar-refractivity contribution in [3.05, 3.63) is 29.6 Å². The quantitative estimate of drug-likeness (QED) is 0.782. The number of hydrogen-bond acceptors (Lipinski definition) is 4. The van der Waals surface area contributed by atoms with Gasteiger partial charge in [-0.3, -0.25) is 4.79 Å². The first-order valence-corrected chi connectivity index (χ1v) is 9.89. The summed E-state index contributed by atoms with van der Waals surface area (Å²) in [5, 5.41) is 0. The average molecular weight is 357 g/mol. The summed E-state index contributed by atoms with van der Waals surface area (Å²) in [6.07, 6.45) is 0.704. The second-order valence-corrected chi connectivity index (χ2v) is 8.63. The van der Waals surface area contributed by atoms with Gasteiger partial charge in [0.25, 0.3) is 5.91 Å². The van der Waals surface area contributed by atoms with Crippen molar-refractivity contribution >= 4 is 15.7 Å². The predicted octanol–water partition coefficient (Wildman–Crippen LogP) is -0.638. The van der Waals surface area contributed by atoms with E-state index in [0.29, 0.717) is 25.1 Å². The third-order valence-electron chi connectivity index (χ3n) is 4.90. The molecule has 3 rings (SSSR count). The maximum atomic E-state index is 13.8. The molecule has 2 saturated heterocycles. The molecule has 24 heavy (non-hydrogen) atoms. The van der Waals surface area contributed by atoms with E-state index in [2.05, 4.69) is 0 Å². The maximum absolute atomic E-state index is 13.8. The number of hydrogen-bond donors (Lipinski definition) is 1. The van der Waals surface area contributed by atoms with Gasteiger partial charge >= 0.3 is 0 Å². The van der Waals surface area contributed by atoms with E-state index in [0.717, 1.165) is 13.1 Å². The standard InChI is InChI=1S/C16H21FN2O4S/c1-23-15-3-2-12(10-14(15)17)16(20)19-7-5-18(6-8-19)13-4-9-24(21,22)11-13/h2-3,10,13H,4-9,11H2,1H3/p+1/t13-/m0/s1. The minimum atomic E-state index is -2.88. The fraction of sp³-hybridized carbons (Fsp3) is 0.562. The van der Waals surface area contributed by atoms with Gasteiger partial charge in [-0.1, -0.05) is 0 Å². The fourth-order valence-corrected chi connectivity index (χ4v) is 5.33. The molecule has 8 heteroatoms. The zero-order valence-electron chi connectivity index (χ0n) is 13.6. The molecule has 1 atom stereocenters. The smallest absolute Gasteiger partial charge is 0.254 e. The summed E-state index contributed by atoms with van der Waals surface area (Å²) in [7, 11) is -1.50. The van der Waals surface area contributed by atoms with Gasteiger partial charge in [-0.2, -0.15) is 0 Å². The number of nitrogens with zero attached hydrogens (tertiary/aromatic N) is 1. The highest BCUT2D eigenvalue weighted by atomic mass is 32.2. The maximum Gasteiger partial charge on any atom is 0.254 e. The zero-order chi connectivity index (χ0) is 17.3. The summed E-state index contributed by atoms with van der Waals surface area (Å²) in [5.41, 5.74) is 0.306. The molecule has 1 aromatic carbocycles. The van der Waals surface area contributed by atoms with Gasteiger partial charge in [-0.25, -0.2) is 12.8 Å². The van der Waals surface area contributed by atoms with Crippen LogP contribution in [0.1, 0.15) is 16.8 Å². The van der Waals surface area contributed by atoms with Crippen LogP contribution in [0.5, 0.6) is 5.75 Å². The first-order chi connectivity index (χ1) is 11.4. The van der Waals surface area contributed by atoms with Gasteiger partial charge in [0.2, 0.25) is 0 Å². The van der Waals surface area contributed by atoms with Crippen molar-refractivity contribution in [1.29, 1.82) is 0 Å². The molecule has 2 fully saturated rings. The van der Waals surface area contributed by atoms with E-state index in [1.54, 1.807) is 11.0 Å². The van der Waals surface area contributed by atoms with Gasteiger partial charge in [0.15, 0.2) is 21.4 Å². The lowest BCUT2D eigenvalue weighted by molar-refractivity contribution is -0.925. The Morgan fingerprint density at radius 1 is 1.33 bits per heavy atom. The number of methoxy groups -OCH3 is 1. The van der Waals surface area contributed by atoms with Crippen LogP contribution in [0.3, 0.4) is 0 Å². The molecular formula is C16H22FN2O4S+. The Hall–Kier alpha value is -1.67. The van der Waals surface area contributed by atoms with E-state index in [-0.39, 0.29) is 29.2 Å². The first kappa shape index (κ1) is 17.2. The molecule has 0 aromatic heterocycles. The Balaban J connectivity index is 1.60. The van der Waals surface area contributed by atoms with Gasteiger partial charge < -0.3 is 14.5 Å². The zero-order valence-corrected chi connectivity index (χ0v) is 14.4. The minimum Gasteiger partial charge on any atom is -0.494 e. The number of quaternary nitrogens is 1. The van der Waals surface area contributed by atoms with Crippen molar-refractivity contribution in [2.24, 2.45) is 0 Å². The summed E-state index contributed by atoms with van der Waals surface area (Å²) in [5.74, 6) is -0.115. The van der Waals surface area contributed by atoms with E-state index < -0.39 is 15.7 Å². The molecule has 2 aliphatic rings. The van der Waals surface area contributed by atoms with E-state index in [1.807, 2.05) is 0 Å². The lowest BCUT2D eigenvalue weighted by Gasteiger charge is -2.35. The van der Waals surface area contributed by atoms with Gasteiger partial charge in [-0.05, 0) is 18.2 Å². The topological polar surface area (TPSA) is 68.1 Å². The second-order valence-electron chi connectivity index (χ2n) is 6.40. The number of benzene rings is 1. The third kappa shape index (κ3) is 3.54. The number of rotatable bonds is 3. The van der Waals surface area contributed by atoms with Crippen LogP contribution in [0.25, 0.3) is 0 Å². The molecule has 1 amide bonds. The normalized spacial score (nSPS) is 24.1. The number of piperazine rings is 1. The monoisotopic (exact) mass is 357 g/mol. The largest absolute Gasteiger partial charge is 0.494 e. The van der Waals surface area contributed by atoms with Gasteiger partial charge in [0, 0.05) is 12.0 Å². The number of nitrogens with one attached hydrogen (secondary N) is 1. The number of carbonyl (C=O) groups excluding carboxylic acids is 1. The Kier molecular flexibility index (Phi) is 4.78. The number of sulfone groups is 1. The van der Waals surface area contributed by atoms with Crippen LogP contribution in [-0.4, -0.2) is 70.1 Å². The Bertz CT molecular complexity index is 730. The molecule has 1 aromatic rings. The SMILES string of the molecule is COc1ccc(C(=O)N2CC[NH+]([C@H]3CCS(=O)(=O)C3)CC2)cc1F. The molecule has 0 saturated carbocycles. The Morgan fingerprint density at radius 2 is 2.04 bits per heavy atom. The number of ether oxygens (including phenoxy) is 1. The van der Waals surface area contributed by atoms with Crippen molar-refractivity contribution in [2.45, 2.75) is 12.5 Å². The molecule has 0 bridgehead atoms. The molecule has 0 aliphatic carbocycles. The lowest BCUT2D eigenvalue weighted by atomic mass is 10.1. The third-order valence-corrected chi connectivity index (χ3v) is 6.67. The minimum absolute atomic E-state index is 0.114. The number of halogens is 1. The van der Waals surface area contributed by atoms with Crippen LogP contribution in [0, 0.1) is 5.82 Å². The molecule has 1 N–H and O–H groups in total. The summed E-state index contributed by atoms with van der Waals surface area (Å²) in [6, 6.07) is 4.36. The second kappa shape index (κ2) is 6.68. The van der Waals surface area contributed by atoms with Crippen molar-refractivity contribution in [1.82, 2.24) is 4.90 Å². The van der Waals surface area contributed by atoms with Gasteiger partial charge in [-0.15, -0.1) is 0 Å². The predicted molar refractivity (Wildman–Crippen MR) is 86.6 cm³/mol. The number of amides is 1. The van der Waals surface area contributed by atoms with Crippen LogP contribution < -0.4 is 9.64 Å². The van der Waals surface area contributed by atoms with E-state index >= 15 is 0 Å². The van der Waals surface area contributed by atoms with Crippen LogP contribution in [0.2, 0.25) is 0 Å². The molecule has 0 unspecified atom stereocenters. The molecule has 2 aliphatic heterocycles. The summed E-state index contributed by atoms with van der Waals surface area (Å²) in [4.78, 5) is 15.4. The van der Waals surface area contributed by atoms with Gasteiger partial charge in [0.05, 0.1) is 39.0 Å². The van der Waals surface area contributed by atoms with Crippen molar-refractivity contribution in [3.8, 4) is 5.75 Å². The van der Waals surface area contributed by atoms with E-state index in [4.69, 9.17) is 4.74 Å². The molecule has 2 heterocycles. The van der Waals surface area contributed by atoms with Crippen LogP contribution in [-0.2, 0) is 9.84 Å². The van der Waals surface area contributed by atoms with Crippen LogP contribution in [0.4, 0.5) is 4.39 Å². The van der Waals surface area contributed by atoms with Crippen molar-refractivity contribution in [3.63, 3.8) is 0 Å². The highest BCUT2D eigenvalue weighted by Crippen LogP contribution is 2.19. The lowest BCUT2D eigenvalue weighted by Crippen LogP contribution is -3.18. The molecular weight excluding hydrogens is 335 g/mol. The van der Waals surface area contributed by atoms with Crippen molar-refractivity contribution < 1.29 is 27.2 Å². The molecule has 0 spiro atoms. The van der Waals surface area contributed by atoms with Crippen molar-refractivity contribution in [2.75, 3.05) is 44.8 Å². The number of carbonyl (C=O) groups is 1. The summed E-state index contributed by atoms with van der Waals surface area (Å²) >= 11 is 0. The van der Waals surface area contributed by atoms with E-state index in [1.165, 1.54) is 24.1 Å². The highest BCUT2D eigenvalue weighted by molar-refractivity contribution is 7.91. The molecule has 0 radical (unpaired) electrons. The van der Waals surface area contributed by atoms with E-state index in [9.17, 15) is 17.6 Å². The van der Waals surface area contributed by atoms with Crippen LogP contribution in [0.15, 0.2) is 18.2 Å². The molecule has 132 valence electrons. The first-order valence-electron chi connectivity index (χ1n) is 8.07. The molecule has 6 nitrogen and oxygen atoms in total. The summed E-state index contributed by atoms with van der Waals surface area (Å²) in [6.45, 7) is 2.56. The summed E-state index contributed by atoms with van der Waals surface area (Å²) < 4.78 is 41.8. The highest BCUT2D eigenvalue weighted by Gasteiger charge is 2.37. The van der Waals surface area contributed by atoms with Crippen LogP contribution >= 0.6 is 0 Å².